The second-order valence-corrected chi connectivity index (χ2v) is 12.0. The van der Waals surface area contributed by atoms with Gasteiger partial charge in [-0.1, -0.05) is 129 Å². The largest absolute Gasteiger partial charge is 0.0888 e. The van der Waals surface area contributed by atoms with E-state index in [1.807, 2.05) is 11.8 Å². The molecule has 0 amide bonds. The quantitative estimate of drug-likeness (QED) is 0.226. The Morgan fingerprint density at radius 3 is 2.03 bits per heavy atom. The molecule has 6 aromatic rings. The summed E-state index contributed by atoms with van der Waals surface area (Å²) in [7, 11) is 0. The molecule has 0 aromatic heterocycles. The highest BCUT2D eigenvalue weighted by Gasteiger charge is 2.36. The molecule has 0 saturated heterocycles. The van der Waals surface area contributed by atoms with Crippen LogP contribution in [0.5, 0.6) is 0 Å². The van der Waals surface area contributed by atoms with Gasteiger partial charge in [0.15, 0.2) is 0 Å². The summed E-state index contributed by atoms with van der Waals surface area (Å²) in [5, 5.41) is 2.69. The molecule has 1 aliphatic carbocycles. The smallest absolute Gasteiger partial charge is 0.0207 e. The van der Waals surface area contributed by atoms with Crippen LogP contribution >= 0.6 is 11.8 Å². The molecular formula is C37H26S. The Labute approximate surface area is 228 Å². The molecule has 0 atom stereocenters. The summed E-state index contributed by atoms with van der Waals surface area (Å²) >= 11 is 1.89. The summed E-state index contributed by atoms with van der Waals surface area (Å²) in [4.78, 5) is 2.68. The van der Waals surface area contributed by atoms with E-state index in [9.17, 15) is 0 Å². The van der Waals surface area contributed by atoms with E-state index < -0.39 is 0 Å². The van der Waals surface area contributed by atoms with Crippen LogP contribution in [0, 0.1) is 0 Å². The molecule has 6 aromatic carbocycles. The Morgan fingerprint density at radius 1 is 0.474 bits per heavy atom. The Hall–Kier alpha value is -4.07. The zero-order valence-electron chi connectivity index (χ0n) is 21.5. The number of rotatable bonds is 2. The third-order valence-corrected chi connectivity index (χ3v) is 9.63. The fraction of sp³-hybridized carbons (Fsp3) is 0.0811. The molecule has 0 spiro atoms. The van der Waals surface area contributed by atoms with Gasteiger partial charge < -0.3 is 0 Å². The average molecular weight is 503 g/mol. The summed E-state index contributed by atoms with van der Waals surface area (Å²) in [5.41, 5.74) is 13.4. The van der Waals surface area contributed by atoms with E-state index in [1.54, 1.807) is 0 Å². The Balaban J connectivity index is 1.33. The first kappa shape index (κ1) is 22.0. The van der Waals surface area contributed by atoms with Gasteiger partial charge in [0, 0.05) is 20.6 Å². The van der Waals surface area contributed by atoms with Crippen LogP contribution in [-0.2, 0) is 5.41 Å². The fourth-order valence-electron chi connectivity index (χ4n) is 6.68. The molecule has 38 heavy (non-hydrogen) atoms. The van der Waals surface area contributed by atoms with E-state index in [0.717, 1.165) is 0 Å². The summed E-state index contributed by atoms with van der Waals surface area (Å²) in [6, 6.07) is 45.1. The van der Waals surface area contributed by atoms with Gasteiger partial charge in [-0.3, -0.25) is 0 Å². The molecule has 180 valence electrons. The van der Waals surface area contributed by atoms with Crippen molar-refractivity contribution in [2.24, 2.45) is 0 Å². The summed E-state index contributed by atoms with van der Waals surface area (Å²) in [6.07, 6.45) is 0. The van der Waals surface area contributed by atoms with Crippen LogP contribution in [-0.4, -0.2) is 0 Å². The standard InChI is InChI=1S/C37H26S/c1-37(2)31-17-5-3-13-30(31)35-26(14-9-18-32(35)37)24-11-7-10-23(22-24)25-20-21-34-36-28(25)15-8-16-29(36)27-12-4-6-19-33(27)38-34/h3-22H,1-2H3. The minimum Gasteiger partial charge on any atom is -0.0888 e. The highest BCUT2D eigenvalue weighted by atomic mass is 32.2. The molecule has 1 heteroatoms. The Morgan fingerprint density at radius 2 is 1.13 bits per heavy atom. The van der Waals surface area contributed by atoms with Crippen molar-refractivity contribution in [1.82, 2.24) is 0 Å². The van der Waals surface area contributed by atoms with Gasteiger partial charge in [0.2, 0.25) is 0 Å². The molecule has 1 heterocycles. The summed E-state index contributed by atoms with van der Waals surface area (Å²) in [5.74, 6) is 0. The highest BCUT2D eigenvalue weighted by molar-refractivity contribution is 7.99. The molecule has 8 rings (SSSR count). The average Bonchev–Trinajstić information content (AvgIpc) is 3.20. The molecule has 2 aliphatic rings. The molecule has 0 nitrogen and oxygen atoms in total. The minimum atomic E-state index is 0.00367. The van der Waals surface area contributed by atoms with Gasteiger partial charge in [-0.2, -0.15) is 0 Å². The fourth-order valence-corrected chi connectivity index (χ4v) is 7.81. The van der Waals surface area contributed by atoms with Gasteiger partial charge in [-0.25, -0.2) is 0 Å². The highest BCUT2D eigenvalue weighted by Crippen LogP contribution is 2.53. The normalized spacial score (nSPS) is 14.2. The van der Waals surface area contributed by atoms with Gasteiger partial charge in [0.05, 0.1) is 0 Å². The van der Waals surface area contributed by atoms with Crippen LogP contribution in [0.25, 0.3) is 55.3 Å². The van der Waals surface area contributed by atoms with Crippen molar-refractivity contribution in [2.75, 3.05) is 0 Å². The molecule has 0 fully saturated rings. The van der Waals surface area contributed by atoms with Crippen molar-refractivity contribution < 1.29 is 0 Å². The van der Waals surface area contributed by atoms with Crippen molar-refractivity contribution in [1.29, 1.82) is 0 Å². The third kappa shape index (κ3) is 3.00. The first-order valence-corrected chi connectivity index (χ1v) is 14.1. The zero-order chi connectivity index (χ0) is 25.4. The van der Waals surface area contributed by atoms with Gasteiger partial charge >= 0.3 is 0 Å². The summed E-state index contributed by atoms with van der Waals surface area (Å²) < 4.78 is 0. The maximum atomic E-state index is 2.39. The maximum Gasteiger partial charge on any atom is 0.0207 e. The molecule has 0 bridgehead atoms. The van der Waals surface area contributed by atoms with Crippen molar-refractivity contribution in [3.63, 3.8) is 0 Å². The SMILES string of the molecule is CC1(C)c2ccccc2-c2c(-c3cccc(-c4ccc5c6c(cccc46)-c4ccccc4S5)c3)cccc21. The summed E-state index contributed by atoms with van der Waals surface area (Å²) in [6.45, 7) is 4.70. The molecule has 0 N–H and O–H groups in total. The van der Waals surface area contributed by atoms with Gasteiger partial charge in [-0.05, 0) is 79.2 Å². The van der Waals surface area contributed by atoms with Gasteiger partial charge in [0.1, 0.15) is 0 Å². The molecular weight excluding hydrogens is 476 g/mol. The molecule has 0 unspecified atom stereocenters. The van der Waals surface area contributed by atoms with Crippen LogP contribution in [0.3, 0.4) is 0 Å². The number of hydrogen-bond donors (Lipinski definition) is 0. The molecule has 0 radical (unpaired) electrons. The minimum absolute atomic E-state index is 0.00367. The number of benzene rings is 6. The van der Waals surface area contributed by atoms with Crippen LogP contribution in [0.1, 0.15) is 25.0 Å². The van der Waals surface area contributed by atoms with Crippen molar-refractivity contribution >= 4 is 22.5 Å². The third-order valence-electron chi connectivity index (χ3n) is 8.49. The van der Waals surface area contributed by atoms with E-state index in [4.69, 9.17) is 0 Å². The first-order valence-electron chi connectivity index (χ1n) is 13.3. The lowest BCUT2D eigenvalue weighted by Gasteiger charge is -2.22. The predicted octanol–water partition coefficient (Wildman–Crippen LogP) is 10.6. The molecule has 1 aliphatic heterocycles. The van der Waals surface area contributed by atoms with Crippen LogP contribution in [0.15, 0.2) is 131 Å². The van der Waals surface area contributed by atoms with E-state index in [-0.39, 0.29) is 5.41 Å². The predicted molar refractivity (Wildman–Crippen MR) is 162 cm³/mol. The first-order chi connectivity index (χ1) is 18.6. The Bertz CT molecular complexity index is 1920. The van der Waals surface area contributed by atoms with E-state index >= 15 is 0 Å². The van der Waals surface area contributed by atoms with Crippen molar-refractivity contribution in [3.8, 4) is 44.5 Å². The van der Waals surface area contributed by atoms with Gasteiger partial charge in [0.25, 0.3) is 0 Å². The van der Waals surface area contributed by atoms with E-state index in [0.29, 0.717) is 0 Å². The van der Waals surface area contributed by atoms with Crippen molar-refractivity contribution in [2.45, 2.75) is 29.1 Å². The van der Waals surface area contributed by atoms with E-state index in [1.165, 1.54) is 76.2 Å². The topological polar surface area (TPSA) is 0 Å². The lowest BCUT2D eigenvalue weighted by molar-refractivity contribution is 0.660. The van der Waals surface area contributed by atoms with Gasteiger partial charge in [-0.15, -0.1) is 0 Å². The Kier molecular flexibility index (Phi) is 4.60. The van der Waals surface area contributed by atoms with Crippen molar-refractivity contribution in [3.05, 3.63) is 132 Å². The number of hydrogen-bond acceptors (Lipinski definition) is 1. The van der Waals surface area contributed by atoms with Crippen LogP contribution in [0.4, 0.5) is 0 Å². The monoisotopic (exact) mass is 502 g/mol. The van der Waals surface area contributed by atoms with E-state index in [2.05, 4.69) is 135 Å². The van der Waals surface area contributed by atoms with Crippen LogP contribution in [0.2, 0.25) is 0 Å². The number of fused-ring (bicyclic) bond motifs is 5. The lowest BCUT2D eigenvalue weighted by Crippen LogP contribution is -2.14. The maximum absolute atomic E-state index is 2.39. The lowest BCUT2D eigenvalue weighted by atomic mass is 9.82. The second kappa shape index (κ2) is 7.96. The van der Waals surface area contributed by atoms with Crippen LogP contribution < -0.4 is 0 Å². The second-order valence-electron chi connectivity index (χ2n) is 10.9. The zero-order valence-corrected chi connectivity index (χ0v) is 22.3. The molecule has 0 saturated carbocycles.